The lowest BCUT2D eigenvalue weighted by Crippen LogP contribution is -2.00. The summed E-state index contributed by atoms with van der Waals surface area (Å²) in [5.74, 6) is 0.816. The van der Waals surface area contributed by atoms with Crippen molar-refractivity contribution in [2.45, 2.75) is 13.8 Å². The van der Waals surface area contributed by atoms with E-state index in [2.05, 4.69) is 20.6 Å². The largest absolute Gasteiger partial charge is 0.508 e. The van der Waals surface area contributed by atoms with Crippen molar-refractivity contribution in [2.24, 2.45) is 0 Å². The molecule has 4 aromatic rings. The van der Waals surface area contributed by atoms with Gasteiger partial charge in [0.2, 0.25) is 6.41 Å². The molecule has 0 saturated carbocycles. The van der Waals surface area contributed by atoms with Gasteiger partial charge in [-0.1, -0.05) is 13.8 Å². The number of rotatable bonds is 5. The maximum Gasteiger partial charge on any atom is 0.211 e. The number of nitrogens with zero attached hydrogens (tertiary/aromatic N) is 3. The molecular weight excluding hydrogens is 354 g/mol. The van der Waals surface area contributed by atoms with Crippen LogP contribution in [0.2, 0.25) is 0 Å². The summed E-state index contributed by atoms with van der Waals surface area (Å²) in [6.07, 6.45) is 6.08. The molecule has 7 heteroatoms. The third-order valence-electron chi connectivity index (χ3n) is 3.91. The molecule has 1 amide bonds. The summed E-state index contributed by atoms with van der Waals surface area (Å²) in [5, 5.41) is 15.3. The first kappa shape index (κ1) is 18.9. The van der Waals surface area contributed by atoms with Crippen LogP contribution in [0.1, 0.15) is 13.8 Å². The van der Waals surface area contributed by atoms with E-state index in [-0.39, 0.29) is 5.75 Å². The van der Waals surface area contributed by atoms with E-state index in [1.54, 1.807) is 30.5 Å². The third kappa shape index (κ3) is 4.09. The number of anilines is 3. The molecule has 7 nitrogen and oxygen atoms in total. The molecule has 0 aliphatic carbocycles. The molecule has 2 aromatic heterocycles. The fraction of sp³-hybridized carbons (Fsp3) is 0.0952. The number of nitrogens with one attached hydrogen (secondary N) is 2. The van der Waals surface area contributed by atoms with Crippen LogP contribution in [0.4, 0.5) is 17.2 Å². The number of carbonyl (C=O) groups excluding carboxylic acids is 1. The minimum absolute atomic E-state index is 0.208. The van der Waals surface area contributed by atoms with Gasteiger partial charge in [0, 0.05) is 35.5 Å². The SMILES string of the molecule is CC.O=CNc1ccc(Nc2nc(-c3ccc(O)cc3)cn3ccnc23)cc1. The van der Waals surface area contributed by atoms with Crippen LogP contribution in [0.25, 0.3) is 16.9 Å². The Kier molecular flexibility index (Phi) is 5.86. The van der Waals surface area contributed by atoms with E-state index in [1.807, 2.05) is 54.9 Å². The zero-order valence-electron chi connectivity index (χ0n) is 15.6. The lowest BCUT2D eigenvalue weighted by Gasteiger charge is -2.10. The van der Waals surface area contributed by atoms with E-state index < -0.39 is 0 Å². The molecule has 4 rings (SSSR count). The molecule has 142 valence electrons. The van der Waals surface area contributed by atoms with Crippen LogP contribution in [0.15, 0.2) is 67.1 Å². The summed E-state index contributed by atoms with van der Waals surface area (Å²) < 4.78 is 1.89. The van der Waals surface area contributed by atoms with Crippen LogP contribution in [0.5, 0.6) is 5.75 Å². The molecule has 2 aromatic carbocycles. The Morgan fingerprint density at radius 3 is 2.36 bits per heavy atom. The third-order valence-corrected chi connectivity index (χ3v) is 3.91. The predicted molar refractivity (Wildman–Crippen MR) is 111 cm³/mol. The van der Waals surface area contributed by atoms with Gasteiger partial charge in [0.1, 0.15) is 5.75 Å². The number of imidazole rings is 1. The van der Waals surface area contributed by atoms with Gasteiger partial charge in [-0.3, -0.25) is 4.79 Å². The van der Waals surface area contributed by atoms with Crippen LogP contribution in [-0.4, -0.2) is 25.9 Å². The highest BCUT2D eigenvalue weighted by molar-refractivity contribution is 5.76. The number of aromatic hydroxyl groups is 1. The van der Waals surface area contributed by atoms with Gasteiger partial charge in [-0.05, 0) is 48.5 Å². The lowest BCUT2D eigenvalue weighted by molar-refractivity contribution is -0.105. The monoisotopic (exact) mass is 375 g/mol. The summed E-state index contributed by atoms with van der Waals surface area (Å²) in [5.41, 5.74) is 3.86. The highest BCUT2D eigenvalue weighted by atomic mass is 16.3. The summed E-state index contributed by atoms with van der Waals surface area (Å²) in [4.78, 5) is 19.5. The van der Waals surface area contributed by atoms with Crippen LogP contribution in [0.3, 0.4) is 0 Å². The zero-order chi connectivity index (χ0) is 19.9. The van der Waals surface area contributed by atoms with E-state index >= 15 is 0 Å². The average Bonchev–Trinajstić information content (AvgIpc) is 3.21. The molecule has 0 bridgehead atoms. The second-order valence-electron chi connectivity index (χ2n) is 5.64. The standard InChI is InChI=1S/C19H15N5O2.C2H6/c25-12-21-14-3-5-15(6-4-14)22-18-19-20-9-10-24(19)11-17(23-18)13-1-7-16(26)8-2-13;1-2/h1-12,26H,(H,21,25)(H,22,23);1-2H3. The van der Waals surface area contributed by atoms with Crippen molar-refractivity contribution in [1.29, 1.82) is 0 Å². The molecule has 0 aliphatic heterocycles. The van der Waals surface area contributed by atoms with Gasteiger partial charge in [0.25, 0.3) is 0 Å². The highest BCUT2D eigenvalue weighted by Crippen LogP contribution is 2.26. The summed E-state index contributed by atoms with van der Waals surface area (Å²) in [7, 11) is 0. The fourth-order valence-electron chi connectivity index (χ4n) is 2.64. The number of benzene rings is 2. The number of hydrogen-bond donors (Lipinski definition) is 3. The summed E-state index contributed by atoms with van der Waals surface area (Å²) in [6.45, 7) is 4.00. The number of phenolic OH excluding ortho intramolecular Hbond substituents is 1. The zero-order valence-corrected chi connectivity index (χ0v) is 15.6. The molecule has 0 radical (unpaired) electrons. The summed E-state index contributed by atoms with van der Waals surface area (Å²) in [6, 6.07) is 14.2. The van der Waals surface area contributed by atoms with Crippen molar-refractivity contribution in [3.05, 3.63) is 67.1 Å². The van der Waals surface area contributed by atoms with Crippen LogP contribution < -0.4 is 10.6 Å². The first-order chi connectivity index (χ1) is 13.7. The van der Waals surface area contributed by atoms with Crippen LogP contribution in [-0.2, 0) is 4.79 Å². The number of hydrogen-bond acceptors (Lipinski definition) is 5. The molecule has 0 saturated heterocycles. The van der Waals surface area contributed by atoms with Crippen molar-refractivity contribution < 1.29 is 9.90 Å². The number of phenols is 1. The number of carbonyl (C=O) groups is 1. The topological polar surface area (TPSA) is 91.5 Å². The minimum Gasteiger partial charge on any atom is -0.508 e. The second-order valence-corrected chi connectivity index (χ2v) is 5.64. The highest BCUT2D eigenvalue weighted by Gasteiger charge is 2.10. The van der Waals surface area contributed by atoms with Gasteiger partial charge in [0.15, 0.2) is 11.5 Å². The first-order valence-corrected chi connectivity index (χ1v) is 8.93. The van der Waals surface area contributed by atoms with Crippen molar-refractivity contribution in [1.82, 2.24) is 14.4 Å². The van der Waals surface area contributed by atoms with Gasteiger partial charge in [-0.15, -0.1) is 0 Å². The maximum absolute atomic E-state index is 10.5. The quantitative estimate of drug-likeness (QED) is 0.449. The van der Waals surface area contributed by atoms with Crippen molar-refractivity contribution in [2.75, 3.05) is 10.6 Å². The Morgan fingerprint density at radius 2 is 1.68 bits per heavy atom. The Hall–Kier alpha value is -3.87. The Morgan fingerprint density at radius 1 is 1.00 bits per heavy atom. The van der Waals surface area contributed by atoms with E-state index in [9.17, 15) is 9.90 Å². The van der Waals surface area contributed by atoms with Gasteiger partial charge in [-0.2, -0.15) is 0 Å². The van der Waals surface area contributed by atoms with E-state index in [0.717, 1.165) is 16.9 Å². The van der Waals surface area contributed by atoms with E-state index in [1.165, 1.54) is 0 Å². The number of fused-ring (bicyclic) bond motifs is 1. The minimum atomic E-state index is 0.208. The molecule has 3 N–H and O–H groups in total. The molecule has 0 aliphatic rings. The smallest absolute Gasteiger partial charge is 0.211 e. The summed E-state index contributed by atoms with van der Waals surface area (Å²) >= 11 is 0. The second kappa shape index (κ2) is 8.68. The van der Waals surface area contributed by atoms with Crippen molar-refractivity contribution >= 4 is 29.2 Å². The van der Waals surface area contributed by atoms with Crippen LogP contribution in [0, 0.1) is 0 Å². The predicted octanol–water partition coefficient (Wildman–Crippen LogP) is 4.44. The number of amides is 1. The maximum atomic E-state index is 10.5. The molecule has 28 heavy (non-hydrogen) atoms. The van der Waals surface area contributed by atoms with Crippen molar-refractivity contribution in [3.8, 4) is 17.0 Å². The van der Waals surface area contributed by atoms with Gasteiger partial charge in [0.05, 0.1) is 5.69 Å². The average molecular weight is 375 g/mol. The fourth-order valence-corrected chi connectivity index (χ4v) is 2.64. The van der Waals surface area contributed by atoms with Gasteiger partial charge in [-0.25, -0.2) is 9.97 Å². The van der Waals surface area contributed by atoms with Gasteiger partial charge >= 0.3 is 0 Å². The van der Waals surface area contributed by atoms with Gasteiger partial charge < -0.3 is 20.1 Å². The van der Waals surface area contributed by atoms with Crippen LogP contribution >= 0.6 is 0 Å². The normalized spacial score (nSPS) is 10.1. The molecule has 0 unspecified atom stereocenters. The molecule has 0 atom stereocenters. The Bertz CT molecular complexity index is 1060. The molecule has 0 fully saturated rings. The molecular formula is C21H21N5O2. The van der Waals surface area contributed by atoms with E-state index in [4.69, 9.17) is 0 Å². The Labute approximate surface area is 162 Å². The number of aromatic nitrogens is 3. The Balaban J connectivity index is 0.00000109. The first-order valence-electron chi connectivity index (χ1n) is 8.93. The molecule has 2 heterocycles. The molecule has 0 spiro atoms. The van der Waals surface area contributed by atoms with Crippen molar-refractivity contribution in [3.63, 3.8) is 0 Å². The van der Waals surface area contributed by atoms with E-state index in [0.29, 0.717) is 23.6 Å². The lowest BCUT2D eigenvalue weighted by atomic mass is 10.1.